The molecular weight excluding hydrogens is 318 g/mol. The van der Waals surface area contributed by atoms with E-state index in [-0.39, 0.29) is 31.0 Å². The predicted molar refractivity (Wildman–Crippen MR) is 78.6 cm³/mol. The van der Waals surface area contributed by atoms with Crippen molar-refractivity contribution >= 4 is 0 Å². The Bertz CT molecular complexity index is 618. The molecule has 0 spiro atoms. The summed E-state index contributed by atoms with van der Waals surface area (Å²) in [5.74, 6) is -1.36. The van der Waals surface area contributed by atoms with E-state index in [1.54, 1.807) is 10.9 Å². The molecule has 0 aliphatic carbocycles. The van der Waals surface area contributed by atoms with Gasteiger partial charge in [0.1, 0.15) is 30.1 Å². The molecule has 9 heteroatoms. The summed E-state index contributed by atoms with van der Waals surface area (Å²) in [6.45, 7) is 7.73. The van der Waals surface area contributed by atoms with E-state index in [9.17, 15) is 5.11 Å². The number of ether oxygens (including phenoxy) is 5. The Hall–Kier alpha value is -1.10. The van der Waals surface area contributed by atoms with Crippen LogP contribution in [0.3, 0.4) is 0 Å². The lowest BCUT2D eigenvalue weighted by atomic mass is 10.1. The maximum absolute atomic E-state index is 9.20. The van der Waals surface area contributed by atoms with Crippen LogP contribution in [0, 0.1) is 0 Å². The lowest BCUT2D eigenvalue weighted by Crippen LogP contribution is -2.40. The van der Waals surface area contributed by atoms with Gasteiger partial charge in [-0.3, -0.25) is 0 Å². The molecule has 4 heterocycles. The van der Waals surface area contributed by atoms with E-state index < -0.39 is 17.8 Å². The Morgan fingerprint density at radius 1 is 1.12 bits per heavy atom. The molecule has 0 saturated carbocycles. The van der Waals surface area contributed by atoms with Crippen LogP contribution in [0.2, 0.25) is 0 Å². The number of hydrogen-bond donors (Lipinski definition) is 1. The second-order valence-corrected chi connectivity index (χ2v) is 7.27. The van der Waals surface area contributed by atoms with Crippen LogP contribution in [0.25, 0.3) is 0 Å². The molecule has 24 heavy (non-hydrogen) atoms. The van der Waals surface area contributed by atoms with Crippen LogP contribution in [0.5, 0.6) is 0 Å². The van der Waals surface area contributed by atoms with Crippen LogP contribution >= 0.6 is 0 Å². The molecule has 9 nitrogen and oxygen atoms in total. The SMILES string of the molecule is CC1(C)O[C@@H]2[C@H](O1)[C@H](n1cc(CO)nn1)O[C@@H]2[C@H]1COC(C)(C)O1. The summed E-state index contributed by atoms with van der Waals surface area (Å²) in [5.41, 5.74) is 0.471. The second kappa shape index (κ2) is 5.45. The first kappa shape index (κ1) is 16.4. The van der Waals surface area contributed by atoms with E-state index in [1.807, 2.05) is 27.7 Å². The molecule has 1 N–H and O–H groups in total. The fourth-order valence-corrected chi connectivity index (χ4v) is 3.51. The molecule has 5 atom stereocenters. The lowest BCUT2D eigenvalue weighted by molar-refractivity contribution is -0.216. The number of hydrogen-bond acceptors (Lipinski definition) is 8. The smallest absolute Gasteiger partial charge is 0.181 e. The van der Waals surface area contributed by atoms with Gasteiger partial charge in [-0.15, -0.1) is 5.10 Å². The van der Waals surface area contributed by atoms with Gasteiger partial charge in [-0.05, 0) is 27.7 Å². The summed E-state index contributed by atoms with van der Waals surface area (Å²) in [4.78, 5) is 0. The predicted octanol–water partition coefficient (Wildman–Crippen LogP) is 0.339. The van der Waals surface area contributed by atoms with Crippen LogP contribution in [0.1, 0.15) is 39.6 Å². The highest BCUT2D eigenvalue weighted by Crippen LogP contribution is 2.45. The molecule has 0 amide bonds. The third-order valence-corrected chi connectivity index (χ3v) is 4.44. The van der Waals surface area contributed by atoms with Gasteiger partial charge in [0.25, 0.3) is 0 Å². The largest absolute Gasteiger partial charge is 0.390 e. The molecule has 0 unspecified atom stereocenters. The molecule has 0 radical (unpaired) electrons. The third-order valence-electron chi connectivity index (χ3n) is 4.44. The van der Waals surface area contributed by atoms with Crippen LogP contribution < -0.4 is 0 Å². The quantitative estimate of drug-likeness (QED) is 0.841. The first-order chi connectivity index (χ1) is 11.3. The summed E-state index contributed by atoms with van der Waals surface area (Å²) in [6.07, 6.45) is -0.0859. The Morgan fingerprint density at radius 3 is 2.50 bits per heavy atom. The molecule has 0 bridgehead atoms. The normalized spacial score (nSPS) is 40.1. The number of aliphatic hydroxyl groups excluding tert-OH is 1. The summed E-state index contributed by atoms with van der Waals surface area (Å²) in [5, 5.41) is 17.1. The number of aliphatic hydroxyl groups is 1. The summed E-state index contributed by atoms with van der Waals surface area (Å²) >= 11 is 0. The fraction of sp³-hybridized carbons (Fsp3) is 0.867. The zero-order chi connectivity index (χ0) is 17.1. The summed E-state index contributed by atoms with van der Waals surface area (Å²) < 4.78 is 31.4. The average molecular weight is 341 g/mol. The third kappa shape index (κ3) is 2.75. The van der Waals surface area contributed by atoms with Crippen molar-refractivity contribution in [2.75, 3.05) is 6.61 Å². The van der Waals surface area contributed by atoms with Gasteiger partial charge in [0, 0.05) is 0 Å². The van der Waals surface area contributed by atoms with Crippen molar-refractivity contribution in [1.82, 2.24) is 15.0 Å². The zero-order valence-electron chi connectivity index (χ0n) is 14.2. The molecule has 0 aromatic carbocycles. The van der Waals surface area contributed by atoms with E-state index in [0.29, 0.717) is 12.3 Å². The summed E-state index contributed by atoms with van der Waals surface area (Å²) in [6, 6.07) is 0. The molecule has 3 aliphatic rings. The van der Waals surface area contributed by atoms with Gasteiger partial charge in [-0.1, -0.05) is 5.21 Å². The Morgan fingerprint density at radius 2 is 1.88 bits per heavy atom. The van der Waals surface area contributed by atoms with Crippen LogP contribution in [-0.2, 0) is 30.3 Å². The Labute approximate surface area is 139 Å². The minimum absolute atomic E-state index is 0.180. The molecule has 1 aromatic rings. The number of nitrogens with zero attached hydrogens (tertiary/aromatic N) is 3. The molecule has 3 fully saturated rings. The minimum Gasteiger partial charge on any atom is -0.390 e. The van der Waals surface area contributed by atoms with Crippen molar-refractivity contribution in [2.45, 2.75) is 76.5 Å². The highest BCUT2D eigenvalue weighted by molar-refractivity contribution is 5.02. The van der Waals surface area contributed by atoms with Crippen molar-refractivity contribution in [3.63, 3.8) is 0 Å². The fourth-order valence-electron chi connectivity index (χ4n) is 3.51. The van der Waals surface area contributed by atoms with Gasteiger partial charge in [0.15, 0.2) is 17.8 Å². The van der Waals surface area contributed by atoms with Gasteiger partial charge >= 0.3 is 0 Å². The maximum Gasteiger partial charge on any atom is 0.181 e. The first-order valence-electron chi connectivity index (χ1n) is 8.12. The van der Waals surface area contributed by atoms with Crippen LogP contribution in [0.4, 0.5) is 0 Å². The highest BCUT2D eigenvalue weighted by Gasteiger charge is 2.59. The second-order valence-electron chi connectivity index (χ2n) is 7.27. The van der Waals surface area contributed by atoms with E-state index in [0.717, 1.165) is 0 Å². The number of rotatable bonds is 3. The molecule has 134 valence electrons. The number of fused-ring (bicyclic) bond motifs is 1. The van der Waals surface area contributed by atoms with Crippen molar-refractivity contribution < 1.29 is 28.8 Å². The van der Waals surface area contributed by atoms with E-state index in [1.165, 1.54) is 0 Å². The monoisotopic (exact) mass is 341 g/mol. The lowest BCUT2D eigenvalue weighted by Gasteiger charge is -2.26. The average Bonchev–Trinajstić information content (AvgIpc) is 3.21. The van der Waals surface area contributed by atoms with Crippen molar-refractivity contribution in [3.05, 3.63) is 11.9 Å². The van der Waals surface area contributed by atoms with Crippen molar-refractivity contribution in [2.24, 2.45) is 0 Å². The van der Waals surface area contributed by atoms with E-state index in [2.05, 4.69) is 10.3 Å². The van der Waals surface area contributed by atoms with Crippen molar-refractivity contribution in [1.29, 1.82) is 0 Å². The van der Waals surface area contributed by atoms with Gasteiger partial charge in [0.2, 0.25) is 0 Å². The summed E-state index contributed by atoms with van der Waals surface area (Å²) in [7, 11) is 0. The zero-order valence-corrected chi connectivity index (χ0v) is 14.2. The van der Waals surface area contributed by atoms with Gasteiger partial charge in [-0.2, -0.15) is 0 Å². The minimum atomic E-state index is -0.717. The van der Waals surface area contributed by atoms with Gasteiger partial charge in [-0.25, -0.2) is 4.68 Å². The molecule has 4 rings (SSSR count). The van der Waals surface area contributed by atoms with Gasteiger partial charge < -0.3 is 28.8 Å². The maximum atomic E-state index is 9.20. The van der Waals surface area contributed by atoms with Crippen molar-refractivity contribution in [3.8, 4) is 0 Å². The van der Waals surface area contributed by atoms with Gasteiger partial charge in [0.05, 0.1) is 19.4 Å². The molecule has 1 aromatic heterocycles. The first-order valence-corrected chi connectivity index (χ1v) is 8.12. The standard InChI is InChI=1S/C15H23N3O6/c1-14(2)20-7-9(22-14)10-11-12(24-15(3,4)23-11)13(21-10)18-5-8(6-19)16-17-18/h5,9-13,19H,6-7H2,1-4H3/t9-,10-,11+,12+,13-/m1/s1. The molecular formula is C15H23N3O6. The molecule has 3 saturated heterocycles. The van der Waals surface area contributed by atoms with E-state index in [4.69, 9.17) is 23.7 Å². The van der Waals surface area contributed by atoms with Crippen LogP contribution in [0.15, 0.2) is 6.20 Å². The highest BCUT2D eigenvalue weighted by atomic mass is 16.8. The Balaban J connectivity index is 1.60. The Kier molecular flexibility index (Phi) is 3.72. The topological polar surface area (TPSA) is 97.1 Å². The van der Waals surface area contributed by atoms with Crippen LogP contribution in [-0.4, -0.2) is 62.7 Å². The number of aromatic nitrogens is 3. The van der Waals surface area contributed by atoms with E-state index >= 15 is 0 Å². The molecule has 3 aliphatic heterocycles.